The molecule has 14 heteroatoms. The van der Waals surface area contributed by atoms with Gasteiger partial charge in [-0.05, 0) is 87.3 Å². The average molecular weight is 793 g/mol. The fourth-order valence-electron chi connectivity index (χ4n) is 3.30. The van der Waals surface area contributed by atoms with Crippen molar-refractivity contribution in [3.63, 3.8) is 0 Å². The molecule has 0 bridgehead atoms. The van der Waals surface area contributed by atoms with Crippen molar-refractivity contribution in [3.05, 3.63) is 77.9 Å². The maximum atomic E-state index is 14.2. The first kappa shape index (κ1) is 31.3. The second kappa shape index (κ2) is 13.0. The SMILES string of the molecule is CCC(C)c1ccc(OCCOc2c(I)cc(C(=O)Oc3c(F)c(F)c(S(=O)(=O)[O-])c(F)c3F)cc2I)cc1. The lowest BCUT2D eigenvalue weighted by Gasteiger charge is -2.15. The first-order valence-corrected chi connectivity index (χ1v) is 14.7. The third kappa shape index (κ3) is 7.32. The van der Waals surface area contributed by atoms with Gasteiger partial charge >= 0.3 is 5.97 Å². The van der Waals surface area contributed by atoms with Crippen LogP contribution in [0.3, 0.4) is 0 Å². The molecule has 1 unspecified atom stereocenters. The minimum absolute atomic E-state index is 0.146. The van der Waals surface area contributed by atoms with E-state index in [0.29, 0.717) is 24.6 Å². The van der Waals surface area contributed by atoms with Crippen molar-refractivity contribution in [2.75, 3.05) is 13.2 Å². The molecule has 0 amide bonds. The normalized spacial score (nSPS) is 12.2. The number of benzene rings is 3. The molecule has 0 spiro atoms. The number of halogens is 6. The Morgan fingerprint density at radius 1 is 0.897 bits per heavy atom. The van der Waals surface area contributed by atoms with Gasteiger partial charge in [0.15, 0.2) is 11.6 Å². The van der Waals surface area contributed by atoms with E-state index in [1.54, 1.807) is 0 Å². The maximum absolute atomic E-state index is 14.2. The molecular formula is C25H19F4I2O7S-. The predicted octanol–water partition coefficient (Wildman–Crippen LogP) is 6.55. The fraction of sp³-hybridized carbons (Fsp3) is 0.240. The van der Waals surface area contributed by atoms with Crippen LogP contribution in [0.2, 0.25) is 0 Å². The third-order valence-corrected chi connectivity index (χ3v) is 7.98. The van der Waals surface area contributed by atoms with Gasteiger partial charge in [0, 0.05) is 0 Å². The molecule has 0 saturated carbocycles. The lowest BCUT2D eigenvalue weighted by atomic mass is 9.99. The Balaban J connectivity index is 1.69. The summed E-state index contributed by atoms with van der Waals surface area (Å²) in [6.07, 6.45) is 1.02. The molecule has 0 aromatic heterocycles. The molecule has 0 saturated heterocycles. The van der Waals surface area contributed by atoms with Crippen molar-refractivity contribution in [1.29, 1.82) is 0 Å². The van der Waals surface area contributed by atoms with Crippen LogP contribution in [0.15, 0.2) is 41.3 Å². The number of carbonyl (C=O) groups is 1. The van der Waals surface area contributed by atoms with Crippen LogP contribution in [-0.4, -0.2) is 32.2 Å². The van der Waals surface area contributed by atoms with E-state index >= 15 is 0 Å². The topological polar surface area (TPSA) is 102 Å². The van der Waals surface area contributed by atoms with Gasteiger partial charge < -0.3 is 18.8 Å². The summed E-state index contributed by atoms with van der Waals surface area (Å²) in [7, 11) is -5.90. The van der Waals surface area contributed by atoms with Crippen molar-refractivity contribution in [1.82, 2.24) is 0 Å². The molecular weight excluding hydrogens is 774 g/mol. The predicted molar refractivity (Wildman–Crippen MR) is 147 cm³/mol. The van der Waals surface area contributed by atoms with E-state index in [1.807, 2.05) is 69.4 Å². The van der Waals surface area contributed by atoms with Gasteiger partial charge in [-0.1, -0.05) is 26.0 Å². The Bertz CT molecular complexity index is 1450. The zero-order chi connectivity index (χ0) is 29.1. The average Bonchev–Trinajstić information content (AvgIpc) is 2.88. The summed E-state index contributed by atoms with van der Waals surface area (Å²) in [6, 6.07) is 10.2. The molecule has 0 fully saturated rings. The summed E-state index contributed by atoms with van der Waals surface area (Å²) in [4.78, 5) is 10.1. The van der Waals surface area contributed by atoms with Crippen molar-refractivity contribution in [2.24, 2.45) is 0 Å². The van der Waals surface area contributed by atoms with Gasteiger partial charge in [-0.15, -0.1) is 0 Å². The summed E-state index contributed by atoms with van der Waals surface area (Å²) in [5.41, 5.74) is 0.950. The summed E-state index contributed by atoms with van der Waals surface area (Å²) in [5, 5.41) is 0. The smallest absolute Gasteiger partial charge is 0.343 e. The van der Waals surface area contributed by atoms with Crippen molar-refractivity contribution < 1.29 is 49.5 Å². The van der Waals surface area contributed by atoms with Crippen LogP contribution < -0.4 is 14.2 Å². The molecule has 3 aromatic carbocycles. The van der Waals surface area contributed by atoms with E-state index in [4.69, 9.17) is 9.47 Å². The Hall–Kier alpha value is -2.18. The van der Waals surface area contributed by atoms with E-state index in [-0.39, 0.29) is 18.8 Å². The first-order valence-electron chi connectivity index (χ1n) is 11.1. The molecule has 210 valence electrons. The number of rotatable bonds is 10. The molecule has 0 aliphatic carbocycles. The largest absolute Gasteiger partial charge is 0.744 e. The van der Waals surface area contributed by atoms with Gasteiger partial charge in [0.2, 0.25) is 17.4 Å². The number of esters is 1. The van der Waals surface area contributed by atoms with Crippen LogP contribution in [-0.2, 0) is 10.1 Å². The van der Waals surface area contributed by atoms with Crippen LogP contribution in [0.4, 0.5) is 17.6 Å². The van der Waals surface area contributed by atoms with Gasteiger partial charge in [-0.2, -0.15) is 8.78 Å². The summed E-state index contributed by atoms with van der Waals surface area (Å²) < 4.78 is 106. The Morgan fingerprint density at radius 3 is 1.90 bits per heavy atom. The van der Waals surface area contributed by atoms with Gasteiger partial charge in [-0.25, -0.2) is 22.0 Å². The zero-order valence-corrected chi connectivity index (χ0v) is 25.3. The summed E-state index contributed by atoms with van der Waals surface area (Å²) >= 11 is 3.68. The van der Waals surface area contributed by atoms with E-state index in [0.717, 1.165) is 6.42 Å². The highest BCUT2D eigenvalue weighted by Crippen LogP contribution is 2.34. The Labute approximate surface area is 248 Å². The maximum Gasteiger partial charge on any atom is 0.343 e. The highest BCUT2D eigenvalue weighted by molar-refractivity contribution is 14.1. The van der Waals surface area contributed by atoms with E-state index in [2.05, 4.69) is 18.6 Å². The quantitative estimate of drug-likeness (QED) is 0.0437. The number of hydrogen-bond donors (Lipinski definition) is 0. The number of hydrogen-bond acceptors (Lipinski definition) is 7. The van der Waals surface area contributed by atoms with E-state index < -0.39 is 50.0 Å². The third-order valence-electron chi connectivity index (χ3n) is 5.52. The highest BCUT2D eigenvalue weighted by atomic mass is 127. The molecule has 0 radical (unpaired) electrons. The van der Waals surface area contributed by atoms with Gasteiger partial charge in [0.05, 0.1) is 12.7 Å². The summed E-state index contributed by atoms with van der Waals surface area (Å²) in [5.74, 6) is -11.5. The minimum atomic E-state index is -5.90. The molecule has 0 heterocycles. The zero-order valence-electron chi connectivity index (χ0n) is 20.2. The van der Waals surface area contributed by atoms with Crippen LogP contribution >= 0.6 is 45.2 Å². The van der Waals surface area contributed by atoms with Crippen LogP contribution in [0.1, 0.15) is 42.1 Å². The Kier molecular flexibility index (Phi) is 10.4. The van der Waals surface area contributed by atoms with Crippen molar-refractivity contribution >= 4 is 61.3 Å². The van der Waals surface area contributed by atoms with Crippen LogP contribution in [0.25, 0.3) is 0 Å². The molecule has 0 aliphatic rings. The van der Waals surface area contributed by atoms with Crippen LogP contribution in [0, 0.1) is 30.4 Å². The van der Waals surface area contributed by atoms with Gasteiger partial charge in [0.1, 0.15) is 39.7 Å². The van der Waals surface area contributed by atoms with Crippen LogP contribution in [0.5, 0.6) is 17.2 Å². The van der Waals surface area contributed by atoms with Gasteiger partial charge in [0.25, 0.3) is 0 Å². The lowest BCUT2D eigenvalue weighted by Crippen LogP contribution is -2.16. The highest BCUT2D eigenvalue weighted by Gasteiger charge is 2.31. The molecule has 0 N–H and O–H groups in total. The first-order chi connectivity index (χ1) is 18.3. The monoisotopic (exact) mass is 793 g/mol. The number of ether oxygens (including phenoxy) is 3. The molecule has 7 nitrogen and oxygen atoms in total. The van der Waals surface area contributed by atoms with E-state index in [1.165, 1.54) is 17.7 Å². The van der Waals surface area contributed by atoms with E-state index in [9.17, 15) is 35.3 Å². The van der Waals surface area contributed by atoms with Crippen molar-refractivity contribution in [3.8, 4) is 17.2 Å². The second-order valence-electron chi connectivity index (χ2n) is 8.10. The second-order valence-corrected chi connectivity index (χ2v) is 11.7. The summed E-state index contributed by atoms with van der Waals surface area (Å²) in [6.45, 7) is 4.60. The minimum Gasteiger partial charge on any atom is -0.744 e. The molecule has 1 atom stereocenters. The number of carbonyl (C=O) groups excluding carboxylic acids is 1. The molecule has 3 rings (SSSR count). The molecule has 3 aromatic rings. The Morgan fingerprint density at radius 2 is 1.41 bits per heavy atom. The van der Waals surface area contributed by atoms with Gasteiger partial charge in [-0.3, -0.25) is 0 Å². The standard InChI is InChI=1S/C25H20F4I2O7S/c1-3-12(2)13-4-6-15(7-5-13)36-8-9-37-22-16(30)10-14(11-17(22)31)25(32)38-23-18(26)20(28)24(39(33,34)35)21(29)19(23)27/h4-7,10-12H,3,8-9H2,1-2H3,(H,33,34,35)/p-1. The molecule has 0 aliphatic heterocycles. The lowest BCUT2D eigenvalue weighted by molar-refractivity contribution is 0.0716. The molecule has 39 heavy (non-hydrogen) atoms. The fourth-order valence-corrected chi connectivity index (χ4v) is 6.00. The van der Waals surface area contributed by atoms with Crippen molar-refractivity contribution in [2.45, 2.75) is 31.1 Å².